The average Bonchev–Trinajstić information content (AvgIpc) is 2.56. The van der Waals surface area contributed by atoms with Crippen molar-refractivity contribution in [1.82, 2.24) is 4.83 Å². The van der Waals surface area contributed by atoms with Crippen molar-refractivity contribution in [1.29, 1.82) is 0 Å². The molecule has 0 aliphatic heterocycles. The van der Waals surface area contributed by atoms with Crippen LogP contribution in [0.4, 0.5) is 11.4 Å². The molecule has 2 rings (SSSR count). The molecule has 2 aromatic rings. The molecule has 0 atom stereocenters. The maximum atomic E-state index is 12.2. The number of sulfonamides is 1. The van der Waals surface area contributed by atoms with Gasteiger partial charge in [0.25, 0.3) is 21.4 Å². The summed E-state index contributed by atoms with van der Waals surface area (Å²) in [6.07, 6.45) is 1.05. The fourth-order valence-electron chi connectivity index (χ4n) is 1.93. The maximum Gasteiger partial charge on any atom is 0.288 e. The van der Waals surface area contributed by atoms with Crippen LogP contribution in [0.1, 0.15) is 11.1 Å². The first-order valence-electron chi connectivity index (χ1n) is 6.85. The number of hydrogen-bond donors (Lipinski definition) is 1. The van der Waals surface area contributed by atoms with Crippen molar-refractivity contribution < 1.29 is 18.3 Å². The van der Waals surface area contributed by atoms with Crippen molar-refractivity contribution >= 4 is 39.2 Å². The van der Waals surface area contributed by atoms with Crippen LogP contribution in [-0.2, 0) is 10.0 Å². The Morgan fingerprint density at radius 2 is 1.73 bits per heavy atom. The highest BCUT2D eigenvalue weighted by molar-refractivity contribution is 7.89. The Kier molecular flexibility index (Phi) is 5.53. The lowest BCUT2D eigenvalue weighted by Gasteiger charge is -2.04. The van der Waals surface area contributed by atoms with Gasteiger partial charge in [-0.2, -0.15) is 13.5 Å². The fourth-order valence-corrected chi connectivity index (χ4v) is 2.92. The number of aryl methyl sites for hydroxylation is 1. The van der Waals surface area contributed by atoms with Crippen LogP contribution in [0, 0.1) is 27.2 Å². The molecule has 0 saturated heterocycles. The summed E-state index contributed by atoms with van der Waals surface area (Å²) in [5, 5.41) is 25.2. The second-order valence-corrected chi connectivity index (χ2v) is 7.09. The highest BCUT2D eigenvalue weighted by Crippen LogP contribution is 2.24. The number of hydrazone groups is 1. The number of nitrogens with zero attached hydrogens (tertiary/aromatic N) is 3. The summed E-state index contributed by atoms with van der Waals surface area (Å²) < 4.78 is 24.3. The molecule has 0 radical (unpaired) electrons. The lowest BCUT2D eigenvalue weighted by atomic mass is 10.2. The van der Waals surface area contributed by atoms with E-state index in [1.54, 1.807) is 0 Å². The minimum Gasteiger partial charge on any atom is -0.258 e. The second-order valence-electron chi connectivity index (χ2n) is 5.03. The molecule has 136 valence electrons. The van der Waals surface area contributed by atoms with Gasteiger partial charge in [-0.05, 0) is 19.1 Å². The summed E-state index contributed by atoms with van der Waals surface area (Å²) in [5.41, 5.74) is -0.151. The third-order valence-electron chi connectivity index (χ3n) is 3.24. The number of rotatable bonds is 6. The van der Waals surface area contributed by atoms with E-state index in [0.29, 0.717) is 5.56 Å². The number of nitro benzene ring substituents is 2. The van der Waals surface area contributed by atoms with Crippen LogP contribution in [-0.4, -0.2) is 24.5 Å². The van der Waals surface area contributed by atoms with Gasteiger partial charge in [0.05, 0.1) is 21.0 Å². The van der Waals surface area contributed by atoms with E-state index in [9.17, 15) is 28.6 Å². The quantitative estimate of drug-likeness (QED) is 0.449. The zero-order valence-corrected chi connectivity index (χ0v) is 14.7. The van der Waals surface area contributed by atoms with Gasteiger partial charge in [-0.25, -0.2) is 4.83 Å². The van der Waals surface area contributed by atoms with E-state index in [0.717, 1.165) is 18.3 Å². The minimum absolute atomic E-state index is 0.0697. The lowest BCUT2D eigenvalue weighted by molar-refractivity contribution is -0.385. The largest absolute Gasteiger partial charge is 0.288 e. The third kappa shape index (κ3) is 4.32. The number of benzene rings is 2. The van der Waals surface area contributed by atoms with E-state index >= 15 is 0 Å². The summed E-state index contributed by atoms with van der Waals surface area (Å²) in [7, 11) is -4.15. The van der Waals surface area contributed by atoms with Gasteiger partial charge in [0, 0.05) is 23.3 Å². The molecule has 0 saturated carbocycles. The Labute approximate surface area is 152 Å². The number of nitrogens with one attached hydrogen (secondary N) is 1. The van der Waals surface area contributed by atoms with E-state index in [4.69, 9.17) is 11.6 Å². The molecule has 12 heteroatoms. The Morgan fingerprint density at radius 1 is 1.08 bits per heavy atom. The summed E-state index contributed by atoms with van der Waals surface area (Å²) in [6, 6.07) is 7.23. The van der Waals surface area contributed by atoms with E-state index in [1.807, 2.05) is 4.83 Å². The topological polar surface area (TPSA) is 145 Å². The van der Waals surface area contributed by atoms with Crippen molar-refractivity contribution in [3.05, 3.63) is 72.8 Å². The summed E-state index contributed by atoms with van der Waals surface area (Å²) in [6.45, 7) is 1.48. The van der Waals surface area contributed by atoms with Gasteiger partial charge in [0.1, 0.15) is 5.02 Å². The zero-order valence-electron chi connectivity index (χ0n) is 13.1. The van der Waals surface area contributed by atoms with Crippen LogP contribution in [0.25, 0.3) is 0 Å². The molecule has 2 aromatic carbocycles. The highest BCUT2D eigenvalue weighted by atomic mass is 35.5. The van der Waals surface area contributed by atoms with Gasteiger partial charge >= 0.3 is 0 Å². The molecule has 0 aliphatic rings. The predicted octanol–water partition coefficient (Wildman–Crippen LogP) is 2.78. The standard InChI is InChI=1S/C14H11ClN4O6S/c1-9-2-4-11(7-13(9)18(20)21)26(24,25)17-16-8-10-3-5-12(15)14(6-10)19(22)23/h2-8,17H,1H3/b16-8-. The summed E-state index contributed by atoms with van der Waals surface area (Å²) >= 11 is 5.68. The molecule has 10 nitrogen and oxygen atoms in total. The molecule has 0 unspecified atom stereocenters. The number of halogens is 1. The van der Waals surface area contributed by atoms with Crippen molar-refractivity contribution in [2.45, 2.75) is 11.8 Å². The molecule has 26 heavy (non-hydrogen) atoms. The second kappa shape index (κ2) is 7.45. The Bertz CT molecular complexity index is 1020. The van der Waals surface area contributed by atoms with Gasteiger partial charge in [0.15, 0.2) is 0 Å². The van der Waals surface area contributed by atoms with Crippen molar-refractivity contribution in [3.63, 3.8) is 0 Å². The predicted molar refractivity (Wildman–Crippen MR) is 93.9 cm³/mol. The van der Waals surface area contributed by atoms with E-state index < -0.39 is 19.9 Å². The summed E-state index contributed by atoms with van der Waals surface area (Å²) in [5.74, 6) is 0. The lowest BCUT2D eigenvalue weighted by Crippen LogP contribution is -2.18. The Hall–Kier alpha value is -3.05. The third-order valence-corrected chi connectivity index (χ3v) is 4.78. The van der Waals surface area contributed by atoms with Crippen LogP contribution in [0.15, 0.2) is 46.4 Å². The van der Waals surface area contributed by atoms with Crippen molar-refractivity contribution in [2.75, 3.05) is 0 Å². The zero-order chi connectivity index (χ0) is 19.5. The van der Waals surface area contributed by atoms with Gasteiger partial charge in [-0.3, -0.25) is 20.2 Å². The Balaban J connectivity index is 2.24. The molecule has 0 aliphatic carbocycles. The van der Waals surface area contributed by atoms with Gasteiger partial charge in [0.2, 0.25) is 0 Å². The van der Waals surface area contributed by atoms with Crippen LogP contribution >= 0.6 is 11.6 Å². The first-order valence-corrected chi connectivity index (χ1v) is 8.72. The highest BCUT2D eigenvalue weighted by Gasteiger charge is 2.19. The van der Waals surface area contributed by atoms with E-state index in [1.165, 1.54) is 31.2 Å². The van der Waals surface area contributed by atoms with Crippen LogP contribution in [0.3, 0.4) is 0 Å². The summed E-state index contributed by atoms with van der Waals surface area (Å²) in [4.78, 5) is 21.9. The van der Waals surface area contributed by atoms with Crippen molar-refractivity contribution in [2.24, 2.45) is 5.10 Å². The molecule has 0 heterocycles. The number of hydrogen-bond acceptors (Lipinski definition) is 7. The van der Waals surface area contributed by atoms with Crippen LogP contribution < -0.4 is 4.83 Å². The smallest absolute Gasteiger partial charge is 0.258 e. The number of nitro groups is 2. The minimum atomic E-state index is -4.15. The molecule has 0 fully saturated rings. The van der Waals surface area contributed by atoms with E-state index in [2.05, 4.69) is 5.10 Å². The molecular formula is C14H11ClN4O6S. The van der Waals surface area contributed by atoms with Gasteiger partial charge in [-0.15, -0.1) is 0 Å². The van der Waals surface area contributed by atoms with Crippen LogP contribution in [0.5, 0.6) is 0 Å². The maximum absolute atomic E-state index is 12.2. The van der Waals surface area contributed by atoms with Crippen molar-refractivity contribution in [3.8, 4) is 0 Å². The van der Waals surface area contributed by atoms with Gasteiger partial charge < -0.3 is 0 Å². The molecule has 0 bridgehead atoms. The first-order chi connectivity index (χ1) is 12.1. The van der Waals surface area contributed by atoms with E-state index in [-0.39, 0.29) is 26.9 Å². The normalized spacial score (nSPS) is 11.5. The molecule has 0 spiro atoms. The molecule has 0 aromatic heterocycles. The SMILES string of the molecule is Cc1ccc(S(=O)(=O)N/N=C\c2ccc(Cl)c([N+](=O)[O-])c2)cc1[N+](=O)[O-]. The monoisotopic (exact) mass is 398 g/mol. The molecule has 0 amide bonds. The van der Waals surface area contributed by atoms with Crippen LogP contribution in [0.2, 0.25) is 5.02 Å². The van der Waals surface area contributed by atoms with Gasteiger partial charge in [-0.1, -0.05) is 23.7 Å². The molecule has 1 N–H and O–H groups in total. The fraction of sp³-hybridized carbons (Fsp3) is 0.0714. The molecular weight excluding hydrogens is 388 g/mol. The Morgan fingerprint density at radius 3 is 2.35 bits per heavy atom. The first kappa shape index (κ1) is 19.3. The average molecular weight is 399 g/mol.